The number of aliphatic hydroxyl groups is 1. The van der Waals surface area contributed by atoms with Crippen molar-refractivity contribution in [1.82, 2.24) is 0 Å². The van der Waals surface area contributed by atoms with Gasteiger partial charge < -0.3 is 15.6 Å². The quantitative estimate of drug-likeness (QED) is 0.845. The molecule has 2 atom stereocenters. The summed E-state index contributed by atoms with van der Waals surface area (Å²) in [5.74, 6) is 0.890. The average Bonchev–Trinajstić information content (AvgIpc) is 2.35. The lowest BCUT2D eigenvalue weighted by molar-refractivity contribution is 0.141. The second kappa shape index (κ2) is 7.13. The number of hydrogen-bond acceptors (Lipinski definition) is 3. The van der Waals surface area contributed by atoms with Gasteiger partial charge in [0.1, 0.15) is 5.75 Å². The van der Waals surface area contributed by atoms with Crippen molar-refractivity contribution in [1.29, 1.82) is 0 Å². The Morgan fingerprint density at radius 2 is 2.05 bits per heavy atom. The molecule has 1 rings (SSSR count). The molecular weight excluding hydrogens is 262 g/mol. The fraction of sp³-hybridized carbons (Fsp3) is 0.600. The van der Waals surface area contributed by atoms with E-state index in [2.05, 4.69) is 0 Å². The van der Waals surface area contributed by atoms with Crippen LogP contribution in [0.1, 0.15) is 37.0 Å². The average molecular weight is 286 g/mol. The Hall–Kier alpha value is -0.770. The van der Waals surface area contributed by atoms with Gasteiger partial charge in [-0.3, -0.25) is 0 Å². The van der Waals surface area contributed by atoms with Gasteiger partial charge in [0, 0.05) is 11.1 Å². The first kappa shape index (κ1) is 16.3. The fourth-order valence-corrected chi connectivity index (χ4v) is 2.40. The highest BCUT2D eigenvalue weighted by Crippen LogP contribution is 2.33. The maximum absolute atomic E-state index is 9.84. The molecule has 3 nitrogen and oxygen atoms in total. The van der Waals surface area contributed by atoms with Crippen molar-refractivity contribution in [2.45, 2.75) is 52.7 Å². The molecule has 0 saturated heterocycles. The SMILES string of the molecule is CCOc1c(C)cc(Cl)c(C)c1CCC(O)C(C)N. The molecule has 0 amide bonds. The van der Waals surface area contributed by atoms with Crippen LogP contribution in [0.2, 0.25) is 5.02 Å². The molecule has 108 valence electrons. The number of benzene rings is 1. The Kier molecular flexibility index (Phi) is 6.11. The van der Waals surface area contributed by atoms with Crippen molar-refractivity contribution < 1.29 is 9.84 Å². The maximum atomic E-state index is 9.84. The van der Waals surface area contributed by atoms with Gasteiger partial charge in [-0.25, -0.2) is 0 Å². The largest absolute Gasteiger partial charge is 0.493 e. The maximum Gasteiger partial charge on any atom is 0.125 e. The molecule has 2 unspecified atom stereocenters. The summed E-state index contributed by atoms with van der Waals surface area (Å²) in [6.07, 6.45) is 0.817. The van der Waals surface area contributed by atoms with E-state index in [9.17, 15) is 5.11 Å². The van der Waals surface area contributed by atoms with Crippen LogP contribution in [-0.4, -0.2) is 23.9 Å². The van der Waals surface area contributed by atoms with Crippen molar-refractivity contribution >= 4 is 11.6 Å². The molecule has 0 radical (unpaired) electrons. The minimum Gasteiger partial charge on any atom is -0.493 e. The van der Waals surface area contributed by atoms with Crippen molar-refractivity contribution in [3.8, 4) is 5.75 Å². The molecular formula is C15H24ClNO2. The molecule has 0 aliphatic heterocycles. The predicted molar refractivity (Wildman–Crippen MR) is 80.1 cm³/mol. The Labute approximate surface area is 120 Å². The predicted octanol–water partition coefficient (Wildman–Crippen LogP) is 3.00. The van der Waals surface area contributed by atoms with Gasteiger partial charge >= 0.3 is 0 Å². The van der Waals surface area contributed by atoms with Crippen molar-refractivity contribution in [3.63, 3.8) is 0 Å². The molecule has 0 heterocycles. The van der Waals surface area contributed by atoms with E-state index in [4.69, 9.17) is 22.1 Å². The van der Waals surface area contributed by atoms with E-state index in [1.165, 1.54) is 0 Å². The van der Waals surface area contributed by atoms with Gasteiger partial charge in [-0.15, -0.1) is 0 Å². The number of rotatable bonds is 6. The number of halogens is 1. The van der Waals surface area contributed by atoms with Crippen LogP contribution >= 0.6 is 11.6 Å². The van der Waals surface area contributed by atoms with Crippen molar-refractivity contribution in [2.24, 2.45) is 5.73 Å². The highest BCUT2D eigenvalue weighted by Gasteiger charge is 2.16. The van der Waals surface area contributed by atoms with Crippen molar-refractivity contribution in [3.05, 3.63) is 27.8 Å². The summed E-state index contributed by atoms with van der Waals surface area (Å²) >= 11 is 6.23. The van der Waals surface area contributed by atoms with E-state index in [0.29, 0.717) is 19.4 Å². The first-order valence-corrected chi connectivity index (χ1v) is 7.11. The van der Waals surface area contributed by atoms with Crippen molar-refractivity contribution in [2.75, 3.05) is 6.61 Å². The first-order chi connectivity index (χ1) is 8.88. The standard InChI is InChI=1S/C15H24ClNO2/c1-5-19-15-9(2)8-13(16)10(3)12(15)6-7-14(18)11(4)17/h8,11,14,18H,5-7,17H2,1-4H3. The minimum atomic E-state index is -0.506. The van der Waals surface area contributed by atoms with E-state index < -0.39 is 6.10 Å². The van der Waals surface area contributed by atoms with Gasteiger partial charge in [0.05, 0.1) is 12.7 Å². The second-order valence-electron chi connectivity index (χ2n) is 5.01. The Balaban J connectivity index is 3.02. The number of nitrogens with two attached hydrogens (primary N) is 1. The smallest absolute Gasteiger partial charge is 0.125 e. The zero-order valence-corrected chi connectivity index (χ0v) is 12.9. The molecule has 0 aromatic heterocycles. The van der Waals surface area contributed by atoms with Crippen LogP contribution in [0.5, 0.6) is 5.75 Å². The summed E-state index contributed by atoms with van der Waals surface area (Å²) in [5.41, 5.74) is 8.81. The fourth-order valence-electron chi connectivity index (χ4n) is 2.12. The summed E-state index contributed by atoms with van der Waals surface area (Å²) in [4.78, 5) is 0. The molecule has 19 heavy (non-hydrogen) atoms. The van der Waals surface area contributed by atoms with Crippen LogP contribution in [0.3, 0.4) is 0 Å². The number of ether oxygens (including phenoxy) is 1. The van der Waals surface area contributed by atoms with Gasteiger partial charge in [-0.2, -0.15) is 0 Å². The molecule has 4 heteroatoms. The van der Waals surface area contributed by atoms with Crippen LogP contribution < -0.4 is 10.5 Å². The van der Waals surface area contributed by atoms with Crippen LogP contribution in [-0.2, 0) is 6.42 Å². The summed E-state index contributed by atoms with van der Waals surface area (Å²) in [7, 11) is 0. The third kappa shape index (κ3) is 4.10. The van der Waals surface area contributed by atoms with E-state index in [1.54, 1.807) is 0 Å². The molecule has 0 bridgehead atoms. The summed E-state index contributed by atoms with van der Waals surface area (Å²) in [5, 5.41) is 10.6. The molecule has 0 aliphatic rings. The molecule has 1 aromatic carbocycles. The van der Waals surface area contributed by atoms with Crippen LogP contribution in [0.4, 0.5) is 0 Å². The topological polar surface area (TPSA) is 55.5 Å². The molecule has 0 saturated carbocycles. The number of hydrogen-bond donors (Lipinski definition) is 2. The lowest BCUT2D eigenvalue weighted by Crippen LogP contribution is -2.31. The Morgan fingerprint density at radius 3 is 2.58 bits per heavy atom. The zero-order valence-electron chi connectivity index (χ0n) is 12.2. The monoisotopic (exact) mass is 285 g/mol. The van der Waals surface area contributed by atoms with Gasteiger partial charge in [0.25, 0.3) is 0 Å². The third-order valence-electron chi connectivity index (χ3n) is 3.37. The van der Waals surface area contributed by atoms with Gasteiger partial charge in [-0.1, -0.05) is 11.6 Å². The molecule has 0 aliphatic carbocycles. The zero-order chi connectivity index (χ0) is 14.6. The summed E-state index contributed by atoms with van der Waals surface area (Å²) in [6, 6.07) is 1.70. The number of aryl methyl sites for hydroxylation is 1. The summed E-state index contributed by atoms with van der Waals surface area (Å²) < 4.78 is 5.72. The minimum absolute atomic E-state index is 0.226. The summed E-state index contributed by atoms with van der Waals surface area (Å²) in [6.45, 7) is 8.36. The van der Waals surface area contributed by atoms with E-state index in [1.807, 2.05) is 33.8 Å². The Bertz CT molecular complexity index is 433. The number of aliphatic hydroxyl groups excluding tert-OH is 1. The molecule has 3 N–H and O–H groups in total. The normalized spacial score (nSPS) is 14.3. The second-order valence-corrected chi connectivity index (χ2v) is 5.41. The lowest BCUT2D eigenvalue weighted by Gasteiger charge is -2.19. The van der Waals surface area contributed by atoms with Crippen LogP contribution in [0.15, 0.2) is 6.07 Å². The molecule has 0 fully saturated rings. The van der Waals surface area contributed by atoms with Gasteiger partial charge in [0.15, 0.2) is 0 Å². The highest BCUT2D eigenvalue weighted by atomic mass is 35.5. The molecule has 1 aromatic rings. The van der Waals surface area contributed by atoms with Crippen LogP contribution in [0, 0.1) is 13.8 Å². The van der Waals surface area contributed by atoms with E-state index in [0.717, 1.165) is 27.5 Å². The first-order valence-electron chi connectivity index (χ1n) is 6.73. The van der Waals surface area contributed by atoms with E-state index in [-0.39, 0.29) is 6.04 Å². The Morgan fingerprint density at radius 1 is 1.42 bits per heavy atom. The third-order valence-corrected chi connectivity index (χ3v) is 3.76. The molecule has 0 spiro atoms. The van der Waals surface area contributed by atoms with Gasteiger partial charge in [0.2, 0.25) is 0 Å². The lowest BCUT2D eigenvalue weighted by atomic mass is 9.96. The van der Waals surface area contributed by atoms with E-state index >= 15 is 0 Å². The van der Waals surface area contributed by atoms with Gasteiger partial charge in [-0.05, 0) is 63.3 Å². The van der Waals surface area contributed by atoms with Crippen LogP contribution in [0.25, 0.3) is 0 Å². The highest BCUT2D eigenvalue weighted by molar-refractivity contribution is 6.31.